The Balaban J connectivity index is 1.49. The van der Waals surface area contributed by atoms with Crippen LogP contribution in [0.4, 0.5) is 5.69 Å². The third-order valence-corrected chi connectivity index (χ3v) is 4.76. The molecule has 0 unspecified atom stereocenters. The smallest absolute Gasteiger partial charge is 0.257 e. The second-order valence-corrected chi connectivity index (χ2v) is 8.13. The lowest BCUT2D eigenvalue weighted by atomic mass is 10.2. The molecular formula is C26H28N2O3S. The Hall–Kier alpha value is -3.38. The van der Waals surface area contributed by atoms with Gasteiger partial charge in [0.2, 0.25) is 0 Å². The van der Waals surface area contributed by atoms with Gasteiger partial charge in [-0.15, -0.1) is 0 Å². The molecule has 0 saturated carbocycles. The number of rotatable bonds is 9. The largest absolute Gasteiger partial charge is 0.493 e. The number of nitrogens with one attached hydrogen (secondary N) is 2. The third-order valence-electron chi connectivity index (χ3n) is 4.55. The number of ether oxygens (including phenoxy) is 2. The van der Waals surface area contributed by atoms with Crippen molar-refractivity contribution in [2.75, 3.05) is 18.5 Å². The van der Waals surface area contributed by atoms with Gasteiger partial charge in [-0.1, -0.05) is 56.3 Å². The van der Waals surface area contributed by atoms with Crippen molar-refractivity contribution in [2.45, 2.75) is 20.3 Å². The molecule has 166 valence electrons. The molecule has 0 bridgehead atoms. The fourth-order valence-corrected chi connectivity index (χ4v) is 3.12. The van der Waals surface area contributed by atoms with Gasteiger partial charge in [-0.3, -0.25) is 10.1 Å². The van der Waals surface area contributed by atoms with Gasteiger partial charge in [0.15, 0.2) is 5.11 Å². The van der Waals surface area contributed by atoms with E-state index in [1.54, 1.807) is 24.3 Å². The van der Waals surface area contributed by atoms with Gasteiger partial charge in [-0.2, -0.15) is 0 Å². The topological polar surface area (TPSA) is 59.6 Å². The monoisotopic (exact) mass is 448 g/mol. The van der Waals surface area contributed by atoms with Gasteiger partial charge in [0.05, 0.1) is 18.9 Å². The number of hydrogen-bond donors (Lipinski definition) is 2. The number of benzene rings is 3. The molecule has 0 spiro atoms. The van der Waals surface area contributed by atoms with Crippen LogP contribution in [-0.2, 0) is 6.42 Å². The quantitative estimate of drug-likeness (QED) is 0.425. The SMILES string of the molecule is CC(C)COc1ccccc1NC(=S)NC(=O)c1ccc(OCCc2ccccc2)cc1. The number of thiocarbonyl (C=S) groups is 1. The molecular weight excluding hydrogens is 420 g/mol. The first kappa shape index (κ1) is 23.3. The van der Waals surface area contributed by atoms with Crippen molar-refractivity contribution in [2.24, 2.45) is 5.92 Å². The van der Waals surface area contributed by atoms with Crippen molar-refractivity contribution in [3.63, 3.8) is 0 Å². The molecule has 3 aromatic rings. The highest BCUT2D eigenvalue weighted by atomic mass is 32.1. The fourth-order valence-electron chi connectivity index (χ4n) is 2.92. The summed E-state index contributed by atoms with van der Waals surface area (Å²) in [4.78, 5) is 12.5. The molecule has 0 fully saturated rings. The van der Waals surface area contributed by atoms with E-state index in [-0.39, 0.29) is 11.0 Å². The molecule has 6 heteroatoms. The molecule has 5 nitrogen and oxygen atoms in total. The first-order valence-corrected chi connectivity index (χ1v) is 11.0. The van der Waals surface area contributed by atoms with Crippen LogP contribution < -0.4 is 20.1 Å². The first-order valence-electron chi connectivity index (χ1n) is 10.6. The van der Waals surface area contributed by atoms with E-state index < -0.39 is 0 Å². The number of amides is 1. The highest BCUT2D eigenvalue weighted by molar-refractivity contribution is 7.80. The Kier molecular flexibility index (Phi) is 8.63. The van der Waals surface area contributed by atoms with Gasteiger partial charge < -0.3 is 14.8 Å². The molecule has 0 heterocycles. The van der Waals surface area contributed by atoms with Gasteiger partial charge in [-0.05, 0) is 60.1 Å². The van der Waals surface area contributed by atoms with Gasteiger partial charge in [0.25, 0.3) is 5.91 Å². The average molecular weight is 449 g/mol. The maximum atomic E-state index is 12.5. The van der Waals surface area contributed by atoms with Crippen LogP contribution >= 0.6 is 12.2 Å². The lowest BCUT2D eigenvalue weighted by molar-refractivity contribution is 0.0977. The molecule has 0 radical (unpaired) electrons. The van der Waals surface area contributed by atoms with E-state index in [0.29, 0.717) is 36.1 Å². The van der Waals surface area contributed by atoms with Crippen molar-refractivity contribution >= 4 is 28.9 Å². The standard InChI is InChI=1S/C26H28N2O3S/c1-19(2)18-31-24-11-7-6-10-23(24)27-26(32)28-25(29)21-12-14-22(15-13-21)30-17-16-20-8-4-3-5-9-20/h3-15,19H,16-18H2,1-2H3,(H2,27,28,29,32). The van der Waals surface area contributed by atoms with Gasteiger partial charge in [0.1, 0.15) is 11.5 Å². The van der Waals surface area contributed by atoms with Crippen LogP contribution in [0.1, 0.15) is 29.8 Å². The van der Waals surface area contributed by atoms with Crippen LogP contribution in [0.3, 0.4) is 0 Å². The molecule has 2 N–H and O–H groups in total. The second-order valence-electron chi connectivity index (χ2n) is 7.72. The van der Waals surface area contributed by atoms with Crippen LogP contribution in [0.2, 0.25) is 0 Å². The number of hydrogen-bond acceptors (Lipinski definition) is 4. The van der Waals surface area contributed by atoms with E-state index in [1.807, 2.05) is 42.5 Å². The Morgan fingerprint density at radius 1 is 0.906 bits per heavy atom. The van der Waals surface area contributed by atoms with E-state index >= 15 is 0 Å². The highest BCUT2D eigenvalue weighted by Crippen LogP contribution is 2.24. The molecule has 32 heavy (non-hydrogen) atoms. The van der Waals surface area contributed by atoms with Crippen LogP contribution in [0.15, 0.2) is 78.9 Å². The van der Waals surface area contributed by atoms with E-state index in [9.17, 15) is 4.79 Å². The maximum Gasteiger partial charge on any atom is 0.257 e. The predicted octanol–water partition coefficient (Wildman–Crippen LogP) is 5.47. The summed E-state index contributed by atoms with van der Waals surface area (Å²) in [6.07, 6.45) is 0.825. The molecule has 0 saturated heterocycles. The van der Waals surface area contributed by atoms with Crippen LogP contribution in [0.25, 0.3) is 0 Å². The van der Waals surface area contributed by atoms with E-state index in [0.717, 1.165) is 12.2 Å². The summed E-state index contributed by atoms with van der Waals surface area (Å²) in [6, 6.07) is 24.7. The van der Waals surface area contributed by atoms with Gasteiger partial charge >= 0.3 is 0 Å². The predicted molar refractivity (Wildman–Crippen MR) is 133 cm³/mol. The lowest BCUT2D eigenvalue weighted by Gasteiger charge is -2.15. The highest BCUT2D eigenvalue weighted by Gasteiger charge is 2.11. The van der Waals surface area contributed by atoms with Crippen molar-refractivity contribution < 1.29 is 14.3 Å². The van der Waals surface area contributed by atoms with Crippen LogP contribution in [-0.4, -0.2) is 24.2 Å². The first-order chi connectivity index (χ1) is 15.5. The lowest BCUT2D eigenvalue weighted by Crippen LogP contribution is -2.34. The molecule has 0 atom stereocenters. The minimum atomic E-state index is -0.293. The molecule has 0 aromatic heterocycles. The van der Waals surface area contributed by atoms with Crippen molar-refractivity contribution in [1.82, 2.24) is 5.32 Å². The molecule has 1 amide bonds. The van der Waals surface area contributed by atoms with Crippen molar-refractivity contribution in [3.8, 4) is 11.5 Å². The molecule has 3 rings (SSSR count). The Bertz CT molecular complexity index is 1020. The van der Waals surface area contributed by atoms with Crippen LogP contribution in [0, 0.1) is 5.92 Å². The van der Waals surface area contributed by atoms with E-state index in [4.69, 9.17) is 21.7 Å². The number of para-hydroxylation sites is 2. The number of anilines is 1. The summed E-state index contributed by atoms with van der Waals surface area (Å²) in [5.41, 5.74) is 2.43. The maximum absolute atomic E-state index is 12.5. The van der Waals surface area contributed by atoms with Crippen molar-refractivity contribution in [3.05, 3.63) is 90.0 Å². The second kappa shape index (κ2) is 11.9. The zero-order valence-corrected chi connectivity index (χ0v) is 19.2. The molecule has 0 aliphatic carbocycles. The minimum Gasteiger partial charge on any atom is -0.493 e. The van der Waals surface area contributed by atoms with Crippen molar-refractivity contribution in [1.29, 1.82) is 0 Å². The van der Waals surface area contributed by atoms with Gasteiger partial charge in [-0.25, -0.2) is 0 Å². The Morgan fingerprint density at radius 3 is 2.31 bits per heavy atom. The number of carbonyl (C=O) groups excluding carboxylic acids is 1. The minimum absolute atomic E-state index is 0.207. The zero-order chi connectivity index (χ0) is 22.8. The summed E-state index contributed by atoms with van der Waals surface area (Å²) < 4.78 is 11.6. The fraction of sp³-hybridized carbons (Fsp3) is 0.231. The summed E-state index contributed by atoms with van der Waals surface area (Å²) in [5, 5.41) is 5.95. The molecule has 0 aliphatic rings. The van der Waals surface area contributed by atoms with E-state index in [2.05, 4.69) is 36.6 Å². The summed E-state index contributed by atoms with van der Waals surface area (Å²) in [5.74, 6) is 1.52. The van der Waals surface area contributed by atoms with Gasteiger partial charge in [0, 0.05) is 12.0 Å². The Labute approximate surface area is 194 Å². The third kappa shape index (κ3) is 7.39. The number of carbonyl (C=O) groups is 1. The molecule has 3 aromatic carbocycles. The molecule has 0 aliphatic heterocycles. The summed E-state index contributed by atoms with van der Waals surface area (Å²) in [6.45, 7) is 5.33. The van der Waals surface area contributed by atoms with E-state index in [1.165, 1.54) is 5.56 Å². The summed E-state index contributed by atoms with van der Waals surface area (Å²) in [7, 11) is 0. The Morgan fingerprint density at radius 2 is 1.59 bits per heavy atom. The average Bonchev–Trinajstić information content (AvgIpc) is 2.79. The zero-order valence-electron chi connectivity index (χ0n) is 18.3. The van der Waals surface area contributed by atoms with Crippen LogP contribution in [0.5, 0.6) is 11.5 Å². The normalized spacial score (nSPS) is 10.5. The summed E-state index contributed by atoms with van der Waals surface area (Å²) >= 11 is 5.31.